The molecule has 1 heterocycles. The summed E-state index contributed by atoms with van der Waals surface area (Å²) in [5.74, 6) is -2.15. The lowest BCUT2D eigenvalue weighted by Crippen LogP contribution is -2.44. The minimum atomic E-state index is -4.47. The van der Waals surface area contributed by atoms with Gasteiger partial charge in [-0.2, -0.15) is 13.2 Å². The first-order valence-corrected chi connectivity index (χ1v) is 7.22. The number of fused-ring (bicyclic) bond motifs is 1. The Bertz CT molecular complexity index is 794. The molecule has 130 valence electrons. The second-order valence-electron chi connectivity index (χ2n) is 5.89. The predicted molar refractivity (Wildman–Crippen MR) is 81.6 cm³/mol. The van der Waals surface area contributed by atoms with E-state index >= 15 is 0 Å². The summed E-state index contributed by atoms with van der Waals surface area (Å²) in [5.41, 5.74) is -0.265. The summed E-state index contributed by atoms with van der Waals surface area (Å²) >= 11 is 0. The molecule has 0 fully saturated rings. The summed E-state index contributed by atoms with van der Waals surface area (Å²) in [6.45, 7) is 3.30. The third-order valence-electron chi connectivity index (χ3n) is 3.82. The highest BCUT2D eigenvalue weighted by atomic mass is 19.4. The number of hydrogen-bond acceptors (Lipinski definition) is 2. The molecule has 2 rings (SSSR count). The number of carbonyl (C=O) groups excluding carboxylic acids is 1. The molecule has 0 radical (unpaired) electrons. The van der Waals surface area contributed by atoms with Crippen LogP contribution in [0.25, 0.3) is 10.9 Å². The van der Waals surface area contributed by atoms with Crippen LogP contribution in [0.2, 0.25) is 0 Å². The van der Waals surface area contributed by atoms with Gasteiger partial charge in [0, 0.05) is 18.0 Å². The number of benzene rings is 1. The van der Waals surface area contributed by atoms with Crippen LogP contribution in [0.4, 0.5) is 13.2 Å². The van der Waals surface area contributed by atoms with Gasteiger partial charge in [-0.15, -0.1) is 0 Å². The van der Waals surface area contributed by atoms with E-state index in [1.807, 2.05) is 0 Å². The van der Waals surface area contributed by atoms with Gasteiger partial charge in [-0.1, -0.05) is 13.8 Å². The number of aromatic nitrogens is 1. The van der Waals surface area contributed by atoms with E-state index in [-0.39, 0.29) is 17.0 Å². The van der Waals surface area contributed by atoms with Crippen molar-refractivity contribution < 1.29 is 27.9 Å². The highest BCUT2D eigenvalue weighted by Gasteiger charge is 2.31. The van der Waals surface area contributed by atoms with E-state index in [1.54, 1.807) is 13.8 Å². The van der Waals surface area contributed by atoms with Gasteiger partial charge in [0.15, 0.2) is 0 Å². The van der Waals surface area contributed by atoms with Crippen molar-refractivity contribution in [1.29, 1.82) is 0 Å². The fourth-order valence-corrected chi connectivity index (χ4v) is 2.47. The summed E-state index contributed by atoms with van der Waals surface area (Å²) in [7, 11) is 1.54. The molecule has 1 aromatic carbocycles. The predicted octanol–water partition coefficient (Wildman–Crippen LogP) is 3.04. The number of hydrogen-bond donors (Lipinski definition) is 2. The van der Waals surface area contributed by atoms with Gasteiger partial charge in [0.1, 0.15) is 11.7 Å². The summed E-state index contributed by atoms with van der Waals surface area (Å²) in [5, 5.41) is 11.8. The number of amides is 1. The van der Waals surface area contributed by atoms with Crippen molar-refractivity contribution in [2.45, 2.75) is 26.1 Å². The molecule has 2 aromatic rings. The fraction of sp³-hybridized carbons (Fsp3) is 0.375. The number of carboxylic acid groups (broad SMARTS) is 1. The van der Waals surface area contributed by atoms with E-state index in [1.165, 1.54) is 23.7 Å². The lowest BCUT2D eigenvalue weighted by Gasteiger charge is -2.18. The number of halogens is 3. The van der Waals surface area contributed by atoms with Gasteiger partial charge >= 0.3 is 12.1 Å². The Morgan fingerprint density at radius 1 is 1.21 bits per heavy atom. The van der Waals surface area contributed by atoms with E-state index < -0.39 is 29.7 Å². The Kier molecular flexibility index (Phi) is 4.59. The molecule has 5 nitrogen and oxygen atoms in total. The summed E-state index contributed by atoms with van der Waals surface area (Å²) in [4.78, 5) is 23.5. The topological polar surface area (TPSA) is 71.3 Å². The molecule has 0 aliphatic rings. The number of carbonyl (C=O) groups is 2. The normalized spacial score (nSPS) is 13.3. The highest BCUT2D eigenvalue weighted by Crippen LogP contribution is 2.32. The third kappa shape index (κ3) is 3.37. The van der Waals surface area contributed by atoms with E-state index in [9.17, 15) is 22.8 Å². The van der Waals surface area contributed by atoms with Crippen LogP contribution in [0.15, 0.2) is 24.3 Å². The van der Waals surface area contributed by atoms with Gasteiger partial charge in [-0.3, -0.25) is 4.79 Å². The van der Waals surface area contributed by atoms with Gasteiger partial charge in [0.25, 0.3) is 5.91 Å². The molecule has 0 saturated carbocycles. The van der Waals surface area contributed by atoms with Crippen LogP contribution in [0.5, 0.6) is 0 Å². The van der Waals surface area contributed by atoms with Crippen LogP contribution < -0.4 is 5.32 Å². The largest absolute Gasteiger partial charge is 0.480 e. The summed E-state index contributed by atoms with van der Waals surface area (Å²) < 4.78 is 39.8. The number of aryl methyl sites for hydroxylation is 1. The van der Waals surface area contributed by atoms with Crippen molar-refractivity contribution in [3.8, 4) is 0 Å². The molecule has 8 heteroatoms. The Hall–Kier alpha value is -2.51. The van der Waals surface area contributed by atoms with E-state index in [4.69, 9.17) is 5.11 Å². The number of alkyl halides is 3. The molecule has 0 unspecified atom stereocenters. The van der Waals surface area contributed by atoms with Gasteiger partial charge < -0.3 is 15.0 Å². The molecular weight excluding hydrogens is 325 g/mol. The van der Waals surface area contributed by atoms with Crippen LogP contribution in [-0.4, -0.2) is 27.6 Å². The molecule has 0 aliphatic carbocycles. The van der Waals surface area contributed by atoms with Crippen molar-refractivity contribution in [1.82, 2.24) is 9.88 Å². The van der Waals surface area contributed by atoms with Gasteiger partial charge in [0.05, 0.1) is 5.56 Å². The summed E-state index contributed by atoms with van der Waals surface area (Å²) in [6, 6.07) is 3.42. The average Bonchev–Trinajstić information content (AvgIpc) is 2.79. The van der Waals surface area contributed by atoms with Gasteiger partial charge in [-0.05, 0) is 30.2 Å². The first-order chi connectivity index (χ1) is 11.0. The van der Waals surface area contributed by atoms with Crippen LogP contribution in [0, 0.1) is 5.92 Å². The maximum absolute atomic E-state index is 12.8. The van der Waals surface area contributed by atoms with Crippen molar-refractivity contribution >= 4 is 22.8 Å². The fourth-order valence-electron chi connectivity index (χ4n) is 2.47. The Balaban J connectivity index is 2.40. The Labute approximate surface area is 136 Å². The smallest absolute Gasteiger partial charge is 0.416 e. The lowest BCUT2D eigenvalue weighted by molar-refractivity contribution is -0.140. The maximum Gasteiger partial charge on any atom is 0.416 e. The maximum atomic E-state index is 12.8. The van der Waals surface area contributed by atoms with Crippen molar-refractivity contribution in [2.24, 2.45) is 13.0 Å². The second kappa shape index (κ2) is 6.18. The molecule has 1 amide bonds. The minimum Gasteiger partial charge on any atom is -0.480 e. The first-order valence-electron chi connectivity index (χ1n) is 7.22. The van der Waals surface area contributed by atoms with Gasteiger partial charge in [-0.25, -0.2) is 4.79 Å². The number of aliphatic carboxylic acids is 1. The molecule has 24 heavy (non-hydrogen) atoms. The SMILES string of the molecule is CC(C)[C@@H](NC(=O)c1cc2cc(C(F)(F)F)ccc2n1C)C(=O)O. The van der Waals surface area contributed by atoms with Crippen molar-refractivity contribution in [2.75, 3.05) is 0 Å². The monoisotopic (exact) mass is 342 g/mol. The zero-order chi connectivity index (χ0) is 18.2. The average molecular weight is 342 g/mol. The summed E-state index contributed by atoms with van der Waals surface area (Å²) in [6.07, 6.45) is -4.47. The number of nitrogens with one attached hydrogen (secondary N) is 1. The third-order valence-corrected chi connectivity index (χ3v) is 3.82. The molecule has 2 N–H and O–H groups in total. The number of carboxylic acids is 1. The Morgan fingerprint density at radius 2 is 1.83 bits per heavy atom. The Morgan fingerprint density at radius 3 is 2.33 bits per heavy atom. The van der Waals surface area contributed by atoms with E-state index in [2.05, 4.69) is 5.32 Å². The molecular formula is C16H17F3N2O3. The first kappa shape index (κ1) is 17.8. The minimum absolute atomic E-state index is 0.0937. The van der Waals surface area contributed by atoms with Crippen LogP contribution in [0.3, 0.4) is 0 Å². The zero-order valence-electron chi connectivity index (χ0n) is 13.3. The van der Waals surface area contributed by atoms with Crippen LogP contribution in [0.1, 0.15) is 29.9 Å². The van der Waals surface area contributed by atoms with Gasteiger partial charge in [0.2, 0.25) is 0 Å². The molecule has 1 aromatic heterocycles. The molecule has 0 aliphatic heterocycles. The molecule has 0 spiro atoms. The van der Waals surface area contributed by atoms with Crippen LogP contribution in [-0.2, 0) is 18.0 Å². The second-order valence-corrected chi connectivity index (χ2v) is 5.89. The number of rotatable bonds is 4. The number of nitrogens with zero attached hydrogens (tertiary/aromatic N) is 1. The van der Waals surface area contributed by atoms with Crippen molar-refractivity contribution in [3.63, 3.8) is 0 Å². The molecule has 0 bridgehead atoms. The van der Waals surface area contributed by atoms with Crippen molar-refractivity contribution in [3.05, 3.63) is 35.5 Å². The quantitative estimate of drug-likeness (QED) is 0.897. The van der Waals surface area contributed by atoms with E-state index in [0.717, 1.165) is 12.1 Å². The highest BCUT2D eigenvalue weighted by molar-refractivity contribution is 6.00. The lowest BCUT2D eigenvalue weighted by atomic mass is 10.0. The standard InChI is InChI=1S/C16H17F3N2O3/c1-8(2)13(15(23)24)20-14(22)12-7-9-6-10(16(17,18)19)4-5-11(9)21(12)3/h4-8,13H,1-3H3,(H,20,22)(H,23,24)/t13-/m1/s1. The van der Waals surface area contributed by atoms with Crippen LogP contribution >= 0.6 is 0 Å². The molecule has 0 saturated heterocycles. The molecule has 1 atom stereocenters. The van der Waals surface area contributed by atoms with E-state index in [0.29, 0.717) is 5.52 Å². The zero-order valence-corrected chi connectivity index (χ0v) is 13.3.